The zero-order valence-electron chi connectivity index (χ0n) is 16.0. The van der Waals surface area contributed by atoms with Gasteiger partial charge in [-0.3, -0.25) is 4.79 Å². The van der Waals surface area contributed by atoms with Gasteiger partial charge in [0.1, 0.15) is 0 Å². The first-order valence-electron chi connectivity index (χ1n) is 9.04. The molecule has 7 nitrogen and oxygen atoms in total. The van der Waals surface area contributed by atoms with Gasteiger partial charge in [-0.05, 0) is 42.0 Å². The smallest absolute Gasteiger partial charge is 0.338 e. The van der Waals surface area contributed by atoms with Crippen LogP contribution in [0.1, 0.15) is 15.9 Å². The van der Waals surface area contributed by atoms with Gasteiger partial charge in [0.15, 0.2) is 6.61 Å². The number of rotatable bonds is 7. The highest BCUT2D eigenvalue weighted by atomic mass is 32.2. The van der Waals surface area contributed by atoms with E-state index in [0.29, 0.717) is 12.2 Å². The van der Waals surface area contributed by atoms with Crippen molar-refractivity contribution in [1.82, 2.24) is 0 Å². The molecule has 0 spiro atoms. The number of sulfonamides is 1. The van der Waals surface area contributed by atoms with Gasteiger partial charge in [0.05, 0.1) is 17.0 Å². The van der Waals surface area contributed by atoms with E-state index in [0.717, 1.165) is 5.56 Å². The molecule has 0 fully saturated rings. The molecule has 0 radical (unpaired) electrons. The van der Waals surface area contributed by atoms with Gasteiger partial charge in [-0.15, -0.1) is 0 Å². The molecule has 0 bridgehead atoms. The third kappa shape index (κ3) is 5.53. The second kappa shape index (κ2) is 9.34. The molecule has 3 aromatic rings. The zero-order chi connectivity index (χ0) is 21.6. The highest BCUT2D eigenvalue weighted by Gasteiger charge is 2.19. The molecule has 0 heterocycles. The van der Waals surface area contributed by atoms with Crippen LogP contribution in [0.4, 0.5) is 5.69 Å². The lowest BCUT2D eigenvalue weighted by atomic mass is 10.2. The van der Waals surface area contributed by atoms with Gasteiger partial charge in [-0.2, -0.15) is 0 Å². The van der Waals surface area contributed by atoms with Crippen LogP contribution in [0.2, 0.25) is 0 Å². The van der Waals surface area contributed by atoms with Gasteiger partial charge in [0, 0.05) is 5.69 Å². The van der Waals surface area contributed by atoms with E-state index in [1.165, 1.54) is 29.2 Å². The maximum Gasteiger partial charge on any atom is 0.338 e. The summed E-state index contributed by atoms with van der Waals surface area (Å²) in [5.74, 6) is -1.13. The Balaban J connectivity index is 1.70. The van der Waals surface area contributed by atoms with Crippen LogP contribution in [0.3, 0.4) is 0 Å². The molecule has 0 saturated carbocycles. The van der Waals surface area contributed by atoms with Crippen LogP contribution in [0, 0.1) is 0 Å². The first-order chi connectivity index (χ1) is 14.3. The number of hydrogen-bond donors (Lipinski definition) is 1. The number of ether oxygens (including phenoxy) is 1. The van der Waals surface area contributed by atoms with Crippen molar-refractivity contribution >= 4 is 27.6 Å². The first-order valence-corrected chi connectivity index (χ1v) is 10.6. The number of benzene rings is 3. The first kappa shape index (κ1) is 21.2. The Hall–Kier alpha value is -3.49. The predicted molar refractivity (Wildman–Crippen MR) is 112 cm³/mol. The third-order valence-corrected chi connectivity index (χ3v) is 5.23. The minimum Gasteiger partial charge on any atom is -0.452 e. The van der Waals surface area contributed by atoms with E-state index in [2.05, 4.69) is 0 Å². The predicted octanol–water partition coefficient (Wildman–Crippen LogP) is 2.72. The van der Waals surface area contributed by atoms with Crippen molar-refractivity contribution in [3.8, 4) is 0 Å². The molecule has 0 aliphatic rings. The van der Waals surface area contributed by atoms with E-state index in [9.17, 15) is 18.0 Å². The van der Waals surface area contributed by atoms with Crippen molar-refractivity contribution in [2.75, 3.05) is 11.5 Å². The molecule has 0 atom stereocenters. The van der Waals surface area contributed by atoms with Crippen LogP contribution < -0.4 is 10.0 Å². The minimum absolute atomic E-state index is 0.115. The fraction of sp³-hybridized carbons (Fsp3) is 0.0909. The average molecular weight is 424 g/mol. The van der Waals surface area contributed by atoms with Crippen LogP contribution in [-0.4, -0.2) is 26.9 Å². The average Bonchev–Trinajstić information content (AvgIpc) is 2.76. The molecule has 0 aromatic heterocycles. The van der Waals surface area contributed by atoms with Crippen molar-refractivity contribution in [2.45, 2.75) is 11.4 Å². The Morgan fingerprint density at radius 1 is 0.833 bits per heavy atom. The number of primary sulfonamides is 1. The second-order valence-electron chi connectivity index (χ2n) is 6.45. The van der Waals surface area contributed by atoms with Gasteiger partial charge in [0.25, 0.3) is 5.91 Å². The molecule has 0 saturated heterocycles. The van der Waals surface area contributed by atoms with Crippen LogP contribution >= 0.6 is 0 Å². The summed E-state index contributed by atoms with van der Waals surface area (Å²) in [7, 11) is -3.86. The lowest BCUT2D eigenvalue weighted by Gasteiger charge is -2.23. The van der Waals surface area contributed by atoms with Crippen molar-refractivity contribution < 1.29 is 22.7 Å². The number of nitrogens with zero attached hydrogens (tertiary/aromatic N) is 1. The number of para-hydroxylation sites is 1. The topological polar surface area (TPSA) is 107 Å². The molecule has 3 rings (SSSR count). The Bertz CT molecular complexity index is 1120. The minimum atomic E-state index is -3.86. The molecule has 0 aliphatic carbocycles. The molecular formula is C22H20N2O5S. The number of amides is 1. The van der Waals surface area contributed by atoms with Crippen molar-refractivity contribution in [1.29, 1.82) is 0 Å². The highest BCUT2D eigenvalue weighted by molar-refractivity contribution is 7.89. The van der Waals surface area contributed by atoms with E-state index in [-0.39, 0.29) is 16.4 Å². The lowest BCUT2D eigenvalue weighted by Crippen LogP contribution is -2.34. The molecule has 154 valence electrons. The van der Waals surface area contributed by atoms with Crippen molar-refractivity contribution in [3.63, 3.8) is 0 Å². The number of carbonyl (C=O) groups is 2. The summed E-state index contributed by atoms with van der Waals surface area (Å²) in [6.45, 7) is -0.137. The summed E-state index contributed by atoms with van der Waals surface area (Å²) in [6.07, 6.45) is 0. The number of hydrogen-bond acceptors (Lipinski definition) is 5. The zero-order valence-corrected chi connectivity index (χ0v) is 16.8. The van der Waals surface area contributed by atoms with Gasteiger partial charge in [-0.1, -0.05) is 48.5 Å². The Morgan fingerprint density at radius 2 is 1.40 bits per heavy atom. The second-order valence-corrected chi connectivity index (χ2v) is 8.01. The summed E-state index contributed by atoms with van der Waals surface area (Å²) >= 11 is 0. The third-order valence-electron chi connectivity index (χ3n) is 4.30. The lowest BCUT2D eigenvalue weighted by molar-refractivity contribution is -0.121. The van der Waals surface area contributed by atoms with Gasteiger partial charge < -0.3 is 9.64 Å². The maximum atomic E-state index is 12.8. The Labute approximate surface area is 174 Å². The van der Waals surface area contributed by atoms with Gasteiger partial charge in [-0.25, -0.2) is 18.4 Å². The summed E-state index contributed by atoms with van der Waals surface area (Å²) < 4.78 is 27.7. The summed E-state index contributed by atoms with van der Waals surface area (Å²) in [4.78, 5) is 26.5. The molecule has 0 aliphatic heterocycles. The fourth-order valence-corrected chi connectivity index (χ4v) is 3.28. The summed E-state index contributed by atoms with van der Waals surface area (Å²) in [5.41, 5.74) is 1.73. The van der Waals surface area contributed by atoms with Crippen molar-refractivity contribution in [2.24, 2.45) is 5.14 Å². The Kier molecular flexibility index (Phi) is 6.61. The fourth-order valence-electron chi connectivity index (χ4n) is 2.77. The molecule has 2 N–H and O–H groups in total. The van der Waals surface area contributed by atoms with Crippen LogP contribution in [0.25, 0.3) is 0 Å². The van der Waals surface area contributed by atoms with E-state index in [4.69, 9.17) is 9.88 Å². The Morgan fingerprint density at radius 3 is 1.97 bits per heavy atom. The van der Waals surface area contributed by atoms with E-state index in [1.54, 1.807) is 12.1 Å². The van der Waals surface area contributed by atoms with Crippen LogP contribution in [0.5, 0.6) is 0 Å². The number of carbonyl (C=O) groups excluding carboxylic acids is 2. The van der Waals surface area contributed by atoms with E-state index in [1.807, 2.05) is 48.5 Å². The normalized spacial score (nSPS) is 11.0. The number of esters is 1. The van der Waals surface area contributed by atoms with Gasteiger partial charge in [0.2, 0.25) is 10.0 Å². The summed E-state index contributed by atoms with van der Waals surface area (Å²) in [6, 6.07) is 23.5. The maximum absolute atomic E-state index is 12.8. The van der Waals surface area contributed by atoms with Crippen LogP contribution in [-0.2, 0) is 26.1 Å². The number of anilines is 1. The monoisotopic (exact) mass is 424 g/mol. The largest absolute Gasteiger partial charge is 0.452 e. The molecule has 8 heteroatoms. The standard InChI is InChI=1S/C22H20N2O5S/c23-30(27,28)20-13-11-18(12-14-20)22(26)29-16-21(25)24(19-9-5-2-6-10-19)15-17-7-3-1-4-8-17/h1-14H,15-16H2,(H2,23,27,28). The highest BCUT2D eigenvalue weighted by Crippen LogP contribution is 2.18. The number of nitrogens with two attached hydrogens (primary N) is 1. The van der Waals surface area contributed by atoms with Crippen molar-refractivity contribution in [3.05, 3.63) is 96.1 Å². The van der Waals surface area contributed by atoms with E-state index < -0.39 is 22.6 Å². The van der Waals surface area contributed by atoms with Gasteiger partial charge >= 0.3 is 5.97 Å². The SMILES string of the molecule is NS(=O)(=O)c1ccc(C(=O)OCC(=O)N(Cc2ccccc2)c2ccccc2)cc1. The van der Waals surface area contributed by atoms with E-state index >= 15 is 0 Å². The molecule has 3 aromatic carbocycles. The summed E-state index contributed by atoms with van der Waals surface area (Å²) in [5, 5.41) is 5.04. The molecule has 0 unspecified atom stereocenters. The molecule has 30 heavy (non-hydrogen) atoms. The molecular weight excluding hydrogens is 404 g/mol. The molecule has 1 amide bonds. The van der Waals surface area contributed by atoms with Crippen LogP contribution in [0.15, 0.2) is 89.8 Å². The quantitative estimate of drug-likeness (QED) is 0.587.